The van der Waals surface area contributed by atoms with Gasteiger partial charge in [-0.3, -0.25) is 9.52 Å². The van der Waals surface area contributed by atoms with Gasteiger partial charge in [0, 0.05) is 26.5 Å². The third kappa shape index (κ3) is 6.56. The van der Waals surface area contributed by atoms with E-state index in [2.05, 4.69) is 10.0 Å². The Balaban J connectivity index is 1.56. The van der Waals surface area contributed by atoms with Crippen LogP contribution in [0.5, 0.6) is 0 Å². The molecule has 0 atom stereocenters. The van der Waals surface area contributed by atoms with Crippen molar-refractivity contribution in [1.82, 2.24) is 0 Å². The van der Waals surface area contributed by atoms with E-state index >= 15 is 0 Å². The second-order valence-electron chi connectivity index (χ2n) is 6.84. The van der Waals surface area contributed by atoms with E-state index < -0.39 is 10.0 Å². The number of hydrogen-bond donors (Lipinski definition) is 2. The molecule has 168 valence electrons. The Hall–Kier alpha value is -1.90. The summed E-state index contributed by atoms with van der Waals surface area (Å²) in [7, 11) is -3.79. The van der Waals surface area contributed by atoms with Gasteiger partial charge in [-0.1, -0.05) is 46.9 Å². The van der Waals surface area contributed by atoms with Crippen molar-refractivity contribution in [2.45, 2.75) is 17.6 Å². The Morgan fingerprint density at radius 1 is 0.906 bits per heavy atom. The summed E-state index contributed by atoms with van der Waals surface area (Å²) in [6, 6.07) is 16.1. The maximum Gasteiger partial charge on any atom is 0.261 e. The number of hydrogen-bond acceptors (Lipinski definition) is 4. The molecular formula is C22H19Cl3N2O3S2. The predicted molar refractivity (Wildman–Crippen MR) is 135 cm³/mol. The summed E-state index contributed by atoms with van der Waals surface area (Å²) in [4.78, 5) is 12.3. The zero-order chi connectivity index (χ0) is 23.3. The summed E-state index contributed by atoms with van der Waals surface area (Å²) in [5.74, 6) is 0.469. The van der Waals surface area contributed by atoms with Crippen LogP contribution in [-0.4, -0.2) is 20.1 Å². The van der Waals surface area contributed by atoms with Crippen LogP contribution in [0.1, 0.15) is 11.1 Å². The number of benzene rings is 3. The third-order valence-electron chi connectivity index (χ3n) is 4.41. The van der Waals surface area contributed by atoms with E-state index in [9.17, 15) is 13.2 Å². The highest BCUT2D eigenvalue weighted by Crippen LogP contribution is 2.28. The van der Waals surface area contributed by atoms with Crippen LogP contribution in [0.15, 0.2) is 65.6 Å². The molecule has 0 spiro atoms. The highest BCUT2D eigenvalue weighted by Gasteiger charge is 2.15. The quantitative estimate of drug-likeness (QED) is 0.343. The first-order valence-electron chi connectivity index (χ1n) is 9.35. The summed E-state index contributed by atoms with van der Waals surface area (Å²) in [5.41, 5.74) is 2.49. The Morgan fingerprint density at radius 3 is 2.16 bits per heavy atom. The van der Waals surface area contributed by atoms with Crippen LogP contribution in [0.4, 0.5) is 11.4 Å². The molecule has 0 aliphatic heterocycles. The first-order valence-corrected chi connectivity index (χ1v) is 13.1. The summed E-state index contributed by atoms with van der Waals surface area (Å²) in [6.45, 7) is 1.83. The fraction of sp³-hybridized carbons (Fsp3) is 0.136. The number of nitrogens with one attached hydrogen (secondary N) is 2. The van der Waals surface area contributed by atoms with Crippen LogP contribution >= 0.6 is 46.6 Å². The molecule has 0 fully saturated rings. The number of halogens is 3. The SMILES string of the molecule is Cc1ccc(NS(=O)(=O)c2ccc(NC(=O)CSCc3c(Cl)cccc3Cl)cc2)cc1Cl. The number of anilines is 2. The second kappa shape index (κ2) is 10.8. The van der Waals surface area contributed by atoms with Gasteiger partial charge in [-0.2, -0.15) is 0 Å². The van der Waals surface area contributed by atoms with Crippen molar-refractivity contribution >= 4 is 73.9 Å². The van der Waals surface area contributed by atoms with Gasteiger partial charge in [-0.05, 0) is 66.6 Å². The summed E-state index contributed by atoms with van der Waals surface area (Å²) < 4.78 is 27.7. The van der Waals surface area contributed by atoms with E-state index in [-0.39, 0.29) is 16.6 Å². The van der Waals surface area contributed by atoms with Gasteiger partial charge >= 0.3 is 0 Å². The van der Waals surface area contributed by atoms with Crippen molar-refractivity contribution in [2.75, 3.05) is 15.8 Å². The Bertz CT molecular complexity index is 1210. The van der Waals surface area contributed by atoms with Crippen LogP contribution in [0.25, 0.3) is 0 Å². The number of carbonyl (C=O) groups excluding carboxylic acids is 1. The minimum atomic E-state index is -3.79. The van der Waals surface area contributed by atoms with Crippen LogP contribution < -0.4 is 10.0 Å². The molecule has 3 aromatic carbocycles. The van der Waals surface area contributed by atoms with Gasteiger partial charge in [0.15, 0.2) is 0 Å². The first-order chi connectivity index (χ1) is 15.2. The molecule has 5 nitrogen and oxygen atoms in total. The monoisotopic (exact) mass is 528 g/mol. The number of aryl methyl sites for hydroxylation is 1. The maximum absolute atomic E-state index is 12.6. The lowest BCUT2D eigenvalue weighted by Gasteiger charge is -2.11. The normalized spacial score (nSPS) is 11.2. The number of amides is 1. The molecule has 0 heterocycles. The minimum Gasteiger partial charge on any atom is -0.325 e. The van der Waals surface area contributed by atoms with Crippen LogP contribution in [0.2, 0.25) is 15.1 Å². The molecule has 0 radical (unpaired) electrons. The number of thioether (sulfide) groups is 1. The summed E-state index contributed by atoms with van der Waals surface area (Å²) >= 11 is 19.7. The van der Waals surface area contributed by atoms with E-state index in [1.54, 1.807) is 36.4 Å². The van der Waals surface area contributed by atoms with E-state index in [1.807, 2.05) is 6.92 Å². The molecule has 2 N–H and O–H groups in total. The number of sulfonamides is 1. The molecule has 1 amide bonds. The topological polar surface area (TPSA) is 75.3 Å². The standard InChI is InChI=1S/C22H19Cl3N2O3S2/c1-14-5-6-16(11-21(14)25)27-32(29,30)17-9-7-15(8-10-17)26-22(28)13-31-12-18-19(23)3-2-4-20(18)24/h2-11,27H,12-13H2,1H3,(H,26,28). The zero-order valence-electron chi connectivity index (χ0n) is 16.9. The van der Waals surface area contributed by atoms with Crippen LogP contribution in [-0.2, 0) is 20.6 Å². The van der Waals surface area contributed by atoms with E-state index in [1.165, 1.54) is 36.0 Å². The molecule has 3 aromatic rings. The lowest BCUT2D eigenvalue weighted by Crippen LogP contribution is -2.15. The summed E-state index contributed by atoms with van der Waals surface area (Å²) in [5, 5.41) is 4.33. The van der Waals surface area contributed by atoms with Crippen molar-refractivity contribution in [2.24, 2.45) is 0 Å². The maximum atomic E-state index is 12.6. The Labute approximate surface area is 206 Å². The average Bonchev–Trinajstić information content (AvgIpc) is 2.73. The van der Waals surface area contributed by atoms with Gasteiger partial charge in [0.2, 0.25) is 5.91 Å². The van der Waals surface area contributed by atoms with Gasteiger partial charge in [0.1, 0.15) is 0 Å². The largest absolute Gasteiger partial charge is 0.325 e. The molecule has 0 bridgehead atoms. The molecule has 0 aliphatic carbocycles. The molecule has 32 heavy (non-hydrogen) atoms. The van der Waals surface area contributed by atoms with Gasteiger partial charge in [0.05, 0.1) is 16.3 Å². The van der Waals surface area contributed by atoms with Gasteiger partial charge in [-0.15, -0.1) is 11.8 Å². The molecule has 0 saturated heterocycles. The van der Waals surface area contributed by atoms with Crippen LogP contribution in [0.3, 0.4) is 0 Å². The van der Waals surface area contributed by atoms with Gasteiger partial charge in [-0.25, -0.2) is 8.42 Å². The zero-order valence-corrected chi connectivity index (χ0v) is 20.8. The fourth-order valence-corrected chi connectivity index (χ4v) is 5.50. The van der Waals surface area contributed by atoms with E-state index in [4.69, 9.17) is 34.8 Å². The molecule has 10 heteroatoms. The highest BCUT2D eigenvalue weighted by atomic mass is 35.5. The highest BCUT2D eigenvalue weighted by molar-refractivity contribution is 7.99. The van der Waals surface area contributed by atoms with Crippen molar-refractivity contribution in [1.29, 1.82) is 0 Å². The fourth-order valence-electron chi connectivity index (χ4n) is 2.70. The Kier molecular flexibility index (Phi) is 8.36. The lowest BCUT2D eigenvalue weighted by atomic mass is 10.2. The minimum absolute atomic E-state index is 0.0648. The Morgan fingerprint density at radius 2 is 1.53 bits per heavy atom. The number of rotatable bonds is 8. The van der Waals surface area contributed by atoms with E-state index in [0.29, 0.717) is 32.2 Å². The number of carbonyl (C=O) groups is 1. The second-order valence-corrected chi connectivity index (χ2v) is 10.7. The lowest BCUT2D eigenvalue weighted by molar-refractivity contribution is -0.113. The van der Waals surface area contributed by atoms with Crippen molar-refractivity contribution in [3.8, 4) is 0 Å². The van der Waals surface area contributed by atoms with E-state index in [0.717, 1.165) is 11.1 Å². The molecule has 0 saturated carbocycles. The molecule has 0 aromatic heterocycles. The van der Waals surface area contributed by atoms with Gasteiger partial charge < -0.3 is 5.32 Å². The molecule has 0 unspecified atom stereocenters. The first kappa shape index (κ1) is 24.7. The molecule has 0 aliphatic rings. The van der Waals surface area contributed by atoms with Gasteiger partial charge in [0.25, 0.3) is 10.0 Å². The molecule has 3 rings (SSSR count). The average molecular weight is 530 g/mol. The predicted octanol–water partition coefficient (Wildman–Crippen LogP) is 6.63. The third-order valence-corrected chi connectivity index (χ3v) is 7.89. The van der Waals surface area contributed by atoms with Crippen molar-refractivity contribution in [3.63, 3.8) is 0 Å². The van der Waals surface area contributed by atoms with Crippen LogP contribution in [0, 0.1) is 6.92 Å². The molecular weight excluding hydrogens is 511 g/mol. The van der Waals surface area contributed by atoms with Crippen molar-refractivity contribution < 1.29 is 13.2 Å². The van der Waals surface area contributed by atoms with Crippen molar-refractivity contribution in [3.05, 3.63) is 86.9 Å². The summed E-state index contributed by atoms with van der Waals surface area (Å²) in [6.07, 6.45) is 0. The smallest absolute Gasteiger partial charge is 0.261 e.